The molecule has 0 amide bonds. The van der Waals surface area contributed by atoms with E-state index in [0.29, 0.717) is 11.8 Å². The van der Waals surface area contributed by atoms with Crippen LogP contribution in [0.4, 0.5) is 0 Å². The molecule has 0 fully saturated rings. The zero-order chi connectivity index (χ0) is 13.5. The van der Waals surface area contributed by atoms with E-state index in [-0.39, 0.29) is 6.61 Å². The van der Waals surface area contributed by atoms with Crippen LogP contribution < -0.4 is 5.32 Å². The van der Waals surface area contributed by atoms with Crippen molar-refractivity contribution in [2.24, 2.45) is 0 Å². The zero-order valence-corrected chi connectivity index (χ0v) is 12.3. The van der Waals surface area contributed by atoms with Crippen LogP contribution in [-0.4, -0.2) is 34.7 Å². The fraction of sp³-hybridized carbons (Fsp3) is 0.538. The maximum absolute atomic E-state index is 9.27. The highest BCUT2D eigenvalue weighted by Gasteiger charge is 2.06. The summed E-state index contributed by atoms with van der Waals surface area (Å²) in [5.41, 5.74) is 1.07. The maximum atomic E-state index is 9.27. The minimum Gasteiger partial charge on any atom is -0.394 e. The van der Waals surface area contributed by atoms with Crippen LogP contribution in [0.1, 0.15) is 19.4 Å². The van der Waals surface area contributed by atoms with E-state index in [4.69, 9.17) is 16.7 Å². The van der Waals surface area contributed by atoms with Crippen molar-refractivity contribution in [3.8, 4) is 0 Å². The van der Waals surface area contributed by atoms with Crippen LogP contribution in [0, 0.1) is 0 Å². The summed E-state index contributed by atoms with van der Waals surface area (Å²) in [4.78, 5) is 1.00. The first kappa shape index (κ1) is 15.8. The van der Waals surface area contributed by atoms with Gasteiger partial charge in [-0.25, -0.2) is 0 Å². The van der Waals surface area contributed by atoms with Crippen molar-refractivity contribution in [2.45, 2.75) is 37.4 Å². The lowest BCUT2D eigenvalue weighted by Gasteiger charge is -2.11. The number of rotatable bonds is 7. The average molecular weight is 290 g/mol. The molecule has 0 heterocycles. The first-order chi connectivity index (χ1) is 8.52. The zero-order valence-electron chi connectivity index (χ0n) is 10.7. The molecule has 1 atom stereocenters. The van der Waals surface area contributed by atoms with Crippen LogP contribution in [0.15, 0.2) is 23.1 Å². The Labute approximate surface area is 118 Å². The number of thioether (sulfide) groups is 1. The molecule has 0 aromatic heterocycles. The minimum absolute atomic E-state index is 0.211. The van der Waals surface area contributed by atoms with E-state index in [1.54, 1.807) is 0 Å². The predicted octanol–water partition coefficient (Wildman–Crippen LogP) is 2.28. The molecule has 1 aromatic carbocycles. The van der Waals surface area contributed by atoms with Crippen LogP contribution in [-0.2, 0) is 6.54 Å². The fourth-order valence-electron chi connectivity index (χ4n) is 1.32. The molecule has 18 heavy (non-hydrogen) atoms. The van der Waals surface area contributed by atoms with Crippen LogP contribution in [0.25, 0.3) is 0 Å². The molecule has 102 valence electrons. The molecule has 0 radical (unpaired) electrons. The second kappa shape index (κ2) is 8.02. The van der Waals surface area contributed by atoms with E-state index in [2.05, 4.69) is 19.2 Å². The van der Waals surface area contributed by atoms with Crippen molar-refractivity contribution >= 4 is 23.4 Å². The molecule has 0 aliphatic carbocycles. The lowest BCUT2D eigenvalue weighted by atomic mass is 10.2. The van der Waals surface area contributed by atoms with Crippen molar-refractivity contribution in [1.29, 1.82) is 0 Å². The third-order valence-electron chi connectivity index (χ3n) is 2.38. The Bertz CT molecular complexity index is 374. The van der Waals surface area contributed by atoms with Gasteiger partial charge < -0.3 is 15.5 Å². The smallest absolute Gasteiger partial charge is 0.0864 e. The van der Waals surface area contributed by atoms with Crippen molar-refractivity contribution in [3.63, 3.8) is 0 Å². The number of aliphatic hydroxyl groups excluding tert-OH is 2. The number of aliphatic hydroxyl groups is 2. The normalized spacial score (nSPS) is 13.0. The summed E-state index contributed by atoms with van der Waals surface area (Å²) < 4.78 is 0. The van der Waals surface area contributed by atoms with Crippen LogP contribution >= 0.6 is 23.4 Å². The standard InChI is InChI=1S/C13H20ClNO2S/c1-9(2)15-6-10-3-4-12(5-13(10)14)18-8-11(17)7-16/h3-5,9,11,15-17H,6-8H2,1-2H3. The molecule has 3 nitrogen and oxygen atoms in total. The van der Waals surface area contributed by atoms with Gasteiger partial charge >= 0.3 is 0 Å². The highest BCUT2D eigenvalue weighted by Crippen LogP contribution is 2.25. The van der Waals surface area contributed by atoms with Gasteiger partial charge in [0.05, 0.1) is 12.7 Å². The average Bonchev–Trinajstić information content (AvgIpc) is 2.34. The summed E-state index contributed by atoms with van der Waals surface area (Å²) >= 11 is 7.68. The molecule has 0 aliphatic rings. The van der Waals surface area contributed by atoms with E-state index < -0.39 is 6.10 Å². The third-order valence-corrected chi connectivity index (χ3v) is 3.87. The van der Waals surface area contributed by atoms with Crippen LogP contribution in [0.5, 0.6) is 0 Å². The van der Waals surface area contributed by atoms with Crippen molar-refractivity contribution in [3.05, 3.63) is 28.8 Å². The Hall–Kier alpha value is -0.260. The Kier molecular flexibility index (Phi) is 7.04. The summed E-state index contributed by atoms with van der Waals surface area (Å²) in [6.45, 7) is 4.72. The third kappa shape index (κ3) is 5.59. The van der Waals surface area contributed by atoms with Gasteiger partial charge in [0.25, 0.3) is 0 Å². The Morgan fingerprint density at radius 1 is 1.39 bits per heavy atom. The first-order valence-corrected chi connectivity index (χ1v) is 7.32. The van der Waals surface area contributed by atoms with E-state index in [0.717, 1.165) is 22.0 Å². The van der Waals surface area contributed by atoms with Crippen molar-refractivity contribution < 1.29 is 10.2 Å². The molecule has 0 saturated heterocycles. The second-order valence-corrected chi connectivity index (χ2v) is 5.94. The molecule has 1 aromatic rings. The maximum Gasteiger partial charge on any atom is 0.0864 e. The van der Waals surface area contributed by atoms with Gasteiger partial charge in [0.2, 0.25) is 0 Å². The van der Waals surface area contributed by atoms with Gasteiger partial charge in [-0.2, -0.15) is 0 Å². The number of benzene rings is 1. The number of nitrogens with one attached hydrogen (secondary N) is 1. The highest BCUT2D eigenvalue weighted by molar-refractivity contribution is 7.99. The Morgan fingerprint density at radius 3 is 2.67 bits per heavy atom. The summed E-state index contributed by atoms with van der Waals surface area (Å²) in [7, 11) is 0. The van der Waals surface area contributed by atoms with Crippen molar-refractivity contribution in [2.75, 3.05) is 12.4 Å². The lowest BCUT2D eigenvalue weighted by Crippen LogP contribution is -2.21. The molecule has 1 rings (SSSR count). The molecule has 0 aliphatic heterocycles. The molecule has 1 unspecified atom stereocenters. The van der Waals surface area contributed by atoms with Gasteiger partial charge in [-0.15, -0.1) is 11.8 Å². The van der Waals surface area contributed by atoms with Gasteiger partial charge in [-0.05, 0) is 17.7 Å². The van der Waals surface area contributed by atoms with E-state index in [1.165, 1.54) is 11.8 Å². The van der Waals surface area contributed by atoms with Gasteiger partial charge in [-0.1, -0.05) is 31.5 Å². The topological polar surface area (TPSA) is 52.5 Å². The SMILES string of the molecule is CC(C)NCc1ccc(SCC(O)CO)cc1Cl. The van der Waals surface area contributed by atoms with Crippen LogP contribution in [0.2, 0.25) is 5.02 Å². The van der Waals surface area contributed by atoms with Crippen molar-refractivity contribution in [1.82, 2.24) is 5.32 Å². The molecular weight excluding hydrogens is 270 g/mol. The molecule has 5 heteroatoms. The fourth-order valence-corrected chi connectivity index (χ4v) is 2.49. The largest absolute Gasteiger partial charge is 0.394 e. The number of halogens is 1. The van der Waals surface area contributed by atoms with Crippen LogP contribution in [0.3, 0.4) is 0 Å². The molecular formula is C13H20ClNO2S. The lowest BCUT2D eigenvalue weighted by molar-refractivity contribution is 0.113. The van der Waals surface area contributed by atoms with E-state index >= 15 is 0 Å². The van der Waals surface area contributed by atoms with Gasteiger partial charge in [0.15, 0.2) is 0 Å². The predicted molar refractivity (Wildman–Crippen MR) is 77.2 cm³/mol. The molecule has 0 bridgehead atoms. The summed E-state index contributed by atoms with van der Waals surface area (Å²) in [6, 6.07) is 6.30. The summed E-state index contributed by atoms with van der Waals surface area (Å²) in [5, 5.41) is 22.1. The number of hydrogen-bond donors (Lipinski definition) is 3. The Balaban J connectivity index is 2.56. The first-order valence-electron chi connectivity index (χ1n) is 5.96. The quantitative estimate of drug-likeness (QED) is 0.674. The van der Waals surface area contributed by atoms with E-state index in [9.17, 15) is 5.11 Å². The molecule has 0 saturated carbocycles. The summed E-state index contributed by atoms with van der Waals surface area (Å²) in [5.74, 6) is 0.469. The van der Waals surface area contributed by atoms with Gasteiger partial charge in [0, 0.05) is 28.3 Å². The van der Waals surface area contributed by atoms with Gasteiger partial charge in [0.1, 0.15) is 0 Å². The number of hydrogen-bond acceptors (Lipinski definition) is 4. The summed E-state index contributed by atoms with van der Waals surface area (Å²) in [6.07, 6.45) is -0.684. The van der Waals surface area contributed by atoms with Gasteiger partial charge in [-0.3, -0.25) is 0 Å². The monoisotopic (exact) mass is 289 g/mol. The second-order valence-electron chi connectivity index (χ2n) is 4.44. The highest BCUT2D eigenvalue weighted by atomic mass is 35.5. The Morgan fingerprint density at radius 2 is 2.11 bits per heavy atom. The molecule has 0 spiro atoms. The van der Waals surface area contributed by atoms with E-state index in [1.807, 2.05) is 18.2 Å². The minimum atomic E-state index is -0.684. The molecule has 3 N–H and O–H groups in total.